The van der Waals surface area contributed by atoms with Gasteiger partial charge < -0.3 is 5.32 Å². The molecule has 0 fully saturated rings. The standard InChI is InChI=1S/C20H21N5O2/c1-4-15-17(18(24-23-15)19(26)21-2)13-9-5-6-10-14(13)20(27)25(3)16-11-7-8-12-22-16/h5-12H,4H2,1-3H3,(H,21,26)(H,23,24). The van der Waals surface area contributed by atoms with E-state index in [-0.39, 0.29) is 17.5 Å². The third-order valence-corrected chi connectivity index (χ3v) is 4.36. The molecular weight excluding hydrogens is 342 g/mol. The number of benzene rings is 1. The van der Waals surface area contributed by atoms with Gasteiger partial charge in [-0.05, 0) is 30.2 Å². The van der Waals surface area contributed by atoms with E-state index in [2.05, 4.69) is 20.5 Å². The summed E-state index contributed by atoms with van der Waals surface area (Å²) in [6, 6.07) is 12.6. The zero-order valence-electron chi connectivity index (χ0n) is 15.5. The number of amides is 2. The maximum atomic E-state index is 13.2. The van der Waals surface area contributed by atoms with E-state index in [0.717, 1.165) is 5.69 Å². The molecule has 138 valence electrons. The van der Waals surface area contributed by atoms with Crippen molar-refractivity contribution < 1.29 is 9.59 Å². The van der Waals surface area contributed by atoms with E-state index in [1.54, 1.807) is 44.6 Å². The Kier molecular flexibility index (Phi) is 5.30. The van der Waals surface area contributed by atoms with E-state index >= 15 is 0 Å². The van der Waals surface area contributed by atoms with E-state index in [1.165, 1.54) is 4.90 Å². The molecule has 0 aliphatic carbocycles. The highest BCUT2D eigenvalue weighted by Crippen LogP contribution is 2.31. The van der Waals surface area contributed by atoms with Crippen molar-refractivity contribution in [1.82, 2.24) is 20.5 Å². The van der Waals surface area contributed by atoms with Gasteiger partial charge in [0.2, 0.25) is 0 Å². The molecule has 0 unspecified atom stereocenters. The Morgan fingerprint density at radius 1 is 1.15 bits per heavy atom. The fourth-order valence-corrected chi connectivity index (χ4v) is 2.93. The van der Waals surface area contributed by atoms with Crippen molar-refractivity contribution in [3.63, 3.8) is 0 Å². The third-order valence-electron chi connectivity index (χ3n) is 4.36. The smallest absolute Gasteiger partial charge is 0.272 e. The van der Waals surface area contributed by atoms with Gasteiger partial charge in [-0.2, -0.15) is 5.10 Å². The summed E-state index contributed by atoms with van der Waals surface area (Å²) in [4.78, 5) is 31.2. The first kappa shape index (κ1) is 18.3. The summed E-state index contributed by atoms with van der Waals surface area (Å²) in [6.45, 7) is 1.97. The third kappa shape index (κ3) is 3.44. The highest BCUT2D eigenvalue weighted by Gasteiger charge is 2.25. The van der Waals surface area contributed by atoms with E-state index in [9.17, 15) is 9.59 Å². The first-order valence-electron chi connectivity index (χ1n) is 8.66. The van der Waals surface area contributed by atoms with Crippen molar-refractivity contribution in [3.05, 3.63) is 65.6 Å². The zero-order chi connectivity index (χ0) is 19.4. The Morgan fingerprint density at radius 2 is 1.89 bits per heavy atom. The van der Waals surface area contributed by atoms with Gasteiger partial charge >= 0.3 is 0 Å². The molecule has 3 rings (SSSR count). The van der Waals surface area contributed by atoms with E-state index in [0.29, 0.717) is 28.9 Å². The van der Waals surface area contributed by atoms with E-state index < -0.39 is 0 Å². The van der Waals surface area contributed by atoms with Crippen LogP contribution in [0.5, 0.6) is 0 Å². The lowest BCUT2D eigenvalue weighted by atomic mass is 9.95. The second kappa shape index (κ2) is 7.82. The van der Waals surface area contributed by atoms with Crippen LogP contribution < -0.4 is 10.2 Å². The fourth-order valence-electron chi connectivity index (χ4n) is 2.93. The molecule has 1 aromatic carbocycles. The van der Waals surface area contributed by atoms with Crippen LogP contribution in [0.4, 0.5) is 5.82 Å². The minimum Gasteiger partial charge on any atom is -0.354 e. The lowest BCUT2D eigenvalue weighted by molar-refractivity contribution is 0.0956. The Bertz CT molecular complexity index is 966. The predicted octanol–water partition coefficient (Wildman–Crippen LogP) is 2.67. The minimum absolute atomic E-state index is 0.213. The summed E-state index contributed by atoms with van der Waals surface area (Å²) in [5, 5.41) is 9.68. The number of rotatable bonds is 5. The Hall–Kier alpha value is -3.48. The Balaban J connectivity index is 2.12. The van der Waals surface area contributed by atoms with Gasteiger partial charge in [0.05, 0.1) is 0 Å². The zero-order valence-corrected chi connectivity index (χ0v) is 15.5. The average Bonchev–Trinajstić information content (AvgIpc) is 3.16. The number of carbonyl (C=O) groups is 2. The number of H-pyrrole nitrogens is 1. The molecule has 7 nitrogen and oxygen atoms in total. The topological polar surface area (TPSA) is 91.0 Å². The van der Waals surface area contributed by atoms with Gasteiger partial charge in [0.15, 0.2) is 5.69 Å². The summed E-state index contributed by atoms with van der Waals surface area (Å²) in [5.74, 6) is 0.0310. The molecule has 2 aromatic heterocycles. The summed E-state index contributed by atoms with van der Waals surface area (Å²) in [5.41, 5.74) is 2.86. The summed E-state index contributed by atoms with van der Waals surface area (Å²) in [6.07, 6.45) is 2.29. The molecule has 3 aromatic rings. The molecule has 0 aliphatic heterocycles. The van der Waals surface area contributed by atoms with Crippen LogP contribution in [-0.2, 0) is 6.42 Å². The van der Waals surface area contributed by atoms with Crippen molar-refractivity contribution in [3.8, 4) is 11.1 Å². The van der Waals surface area contributed by atoms with Gasteiger partial charge in [-0.3, -0.25) is 19.6 Å². The molecule has 0 saturated heterocycles. The number of hydrogen-bond donors (Lipinski definition) is 2. The molecule has 2 amide bonds. The van der Waals surface area contributed by atoms with Crippen molar-refractivity contribution in [2.75, 3.05) is 19.0 Å². The van der Waals surface area contributed by atoms with Crippen LogP contribution in [0.25, 0.3) is 11.1 Å². The maximum absolute atomic E-state index is 13.2. The SMILES string of the molecule is CCc1[nH]nc(C(=O)NC)c1-c1ccccc1C(=O)N(C)c1ccccn1. The normalized spacial score (nSPS) is 10.5. The first-order chi connectivity index (χ1) is 13.1. The van der Waals surface area contributed by atoms with Crippen molar-refractivity contribution in [2.24, 2.45) is 0 Å². The monoisotopic (exact) mass is 363 g/mol. The van der Waals surface area contributed by atoms with Crippen LogP contribution in [0, 0.1) is 0 Å². The highest BCUT2D eigenvalue weighted by atomic mass is 16.2. The number of hydrogen-bond acceptors (Lipinski definition) is 4. The molecule has 0 aliphatic rings. The molecule has 0 bridgehead atoms. The lowest BCUT2D eigenvalue weighted by Crippen LogP contribution is -2.27. The molecular formula is C20H21N5O2. The number of pyridine rings is 1. The van der Waals surface area contributed by atoms with Crippen LogP contribution in [0.1, 0.15) is 33.5 Å². The average molecular weight is 363 g/mol. The Morgan fingerprint density at radius 3 is 2.56 bits per heavy atom. The number of nitrogens with zero attached hydrogens (tertiary/aromatic N) is 3. The van der Waals surface area contributed by atoms with Crippen LogP contribution >= 0.6 is 0 Å². The Labute approximate surface area is 157 Å². The van der Waals surface area contributed by atoms with E-state index in [1.807, 2.05) is 25.1 Å². The summed E-state index contributed by atoms with van der Waals surface area (Å²) in [7, 11) is 3.23. The van der Waals surface area contributed by atoms with Gasteiger partial charge in [0.1, 0.15) is 5.82 Å². The van der Waals surface area contributed by atoms with Crippen molar-refractivity contribution in [1.29, 1.82) is 0 Å². The largest absolute Gasteiger partial charge is 0.354 e. The molecule has 27 heavy (non-hydrogen) atoms. The summed E-state index contributed by atoms with van der Waals surface area (Å²) >= 11 is 0. The molecule has 7 heteroatoms. The first-order valence-corrected chi connectivity index (χ1v) is 8.66. The molecule has 2 N–H and O–H groups in total. The highest BCUT2D eigenvalue weighted by molar-refractivity contribution is 6.11. The van der Waals surface area contributed by atoms with Gasteiger partial charge in [0.25, 0.3) is 11.8 Å². The number of nitrogens with one attached hydrogen (secondary N) is 2. The molecule has 0 atom stereocenters. The van der Waals surface area contributed by atoms with Gasteiger partial charge in [-0.1, -0.05) is 31.2 Å². The van der Waals surface area contributed by atoms with Crippen LogP contribution in [0.3, 0.4) is 0 Å². The van der Waals surface area contributed by atoms with E-state index in [4.69, 9.17) is 0 Å². The number of aromatic nitrogens is 3. The number of carbonyl (C=O) groups excluding carboxylic acids is 2. The van der Waals surface area contributed by atoms with Crippen LogP contribution in [0.15, 0.2) is 48.7 Å². The number of aromatic amines is 1. The summed E-state index contributed by atoms with van der Waals surface area (Å²) < 4.78 is 0. The second-order valence-electron chi connectivity index (χ2n) is 5.96. The van der Waals surface area contributed by atoms with Crippen molar-refractivity contribution in [2.45, 2.75) is 13.3 Å². The molecule has 2 heterocycles. The van der Waals surface area contributed by atoms with Crippen molar-refractivity contribution >= 4 is 17.6 Å². The van der Waals surface area contributed by atoms with Gasteiger partial charge in [0, 0.05) is 37.1 Å². The lowest BCUT2D eigenvalue weighted by Gasteiger charge is -2.18. The van der Waals surface area contributed by atoms with Gasteiger partial charge in [-0.25, -0.2) is 4.98 Å². The van der Waals surface area contributed by atoms with Gasteiger partial charge in [-0.15, -0.1) is 0 Å². The molecule has 0 radical (unpaired) electrons. The number of anilines is 1. The molecule has 0 saturated carbocycles. The predicted molar refractivity (Wildman–Crippen MR) is 104 cm³/mol. The second-order valence-corrected chi connectivity index (χ2v) is 5.96. The number of aryl methyl sites for hydroxylation is 1. The maximum Gasteiger partial charge on any atom is 0.272 e. The quantitative estimate of drug-likeness (QED) is 0.729. The fraction of sp³-hybridized carbons (Fsp3) is 0.200. The van der Waals surface area contributed by atoms with Crippen LogP contribution in [0.2, 0.25) is 0 Å². The molecule has 0 spiro atoms. The minimum atomic E-state index is -0.304. The van der Waals surface area contributed by atoms with Crippen LogP contribution in [-0.4, -0.2) is 41.1 Å².